The van der Waals surface area contributed by atoms with Crippen molar-refractivity contribution in [3.63, 3.8) is 0 Å². The summed E-state index contributed by atoms with van der Waals surface area (Å²) in [6, 6.07) is 7.60. The number of carboxylic acids is 2. The number of aliphatic hydroxyl groups is 1. The van der Waals surface area contributed by atoms with Gasteiger partial charge in [-0.25, -0.2) is 0 Å². The summed E-state index contributed by atoms with van der Waals surface area (Å²) in [6.45, 7) is 0.638. The number of carboxylic acid groups (broad SMARTS) is 2. The van der Waals surface area contributed by atoms with Crippen LogP contribution in [0.4, 0.5) is 0 Å². The highest BCUT2D eigenvalue weighted by Crippen LogP contribution is 2.25. The molecule has 0 radical (unpaired) electrons. The van der Waals surface area contributed by atoms with Gasteiger partial charge in [0.15, 0.2) is 0 Å². The average Bonchev–Trinajstić information content (AvgIpc) is 3.03. The molecule has 1 aromatic carbocycles. The van der Waals surface area contributed by atoms with Gasteiger partial charge in [0.2, 0.25) is 0 Å². The van der Waals surface area contributed by atoms with E-state index >= 15 is 0 Å². The van der Waals surface area contributed by atoms with E-state index in [-0.39, 0.29) is 31.9 Å². The number of nitrogens with zero attached hydrogens (tertiary/aromatic N) is 1. The van der Waals surface area contributed by atoms with Crippen LogP contribution in [-0.2, 0) is 20.9 Å². The molecule has 0 bridgehead atoms. The molecule has 1 aromatic rings. The van der Waals surface area contributed by atoms with E-state index < -0.39 is 30.3 Å². The first-order chi connectivity index (χ1) is 11.9. The Morgan fingerprint density at radius 3 is 2.52 bits per heavy atom. The molecular weight excluding hydrogens is 328 g/mol. The molecule has 0 spiro atoms. The van der Waals surface area contributed by atoms with Crippen LogP contribution in [0.3, 0.4) is 0 Å². The van der Waals surface area contributed by atoms with Gasteiger partial charge < -0.3 is 25.8 Å². The molecule has 1 heterocycles. The number of aliphatic carboxylic acids is 2. The molecule has 1 aliphatic rings. The van der Waals surface area contributed by atoms with E-state index in [4.69, 9.17) is 15.6 Å². The molecule has 1 aliphatic heterocycles. The van der Waals surface area contributed by atoms with Gasteiger partial charge >= 0.3 is 11.9 Å². The number of hydrogen-bond donors (Lipinski definition) is 4. The van der Waals surface area contributed by atoms with Gasteiger partial charge in [-0.15, -0.1) is 0 Å². The minimum absolute atomic E-state index is 0.0644. The summed E-state index contributed by atoms with van der Waals surface area (Å²) < 4.78 is 5.78. The van der Waals surface area contributed by atoms with Crippen molar-refractivity contribution in [3.05, 3.63) is 35.9 Å². The number of benzene rings is 1. The molecular formula is C17H24N2O6. The second-order valence-corrected chi connectivity index (χ2v) is 6.21. The molecule has 0 amide bonds. The molecule has 2 rings (SSSR count). The number of likely N-dealkylation sites (tertiary alicyclic amines) is 1. The first-order valence-electron chi connectivity index (χ1n) is 8.19. The Balaban J connectivity index is 1.90. The summed E-state index contributed by atoms with van der Waals surface area (Å²) in [4.78, 5) is 23.6. The third kappa shape index (κ3) is 5.50. The second kappa shape index (κ2) is 8.91. The average molecular weight is 352 g/mol. The first-order valence-corrected chi connectivity index (χ1v) is 8.19. The maximum Gasteiger partial charge on any atom is 0.321 e. The Labute approximate surface area is 145 Å². The van der Waals surface area contributed by atoms with Crippen LogP contribution >= 0.6 is 0 Å². The zero-order chi connectivity index (χ0) is 18.4. The number of carbonyl (C=O) groups is 2. The maximum absolute atomic E-state index is 11.5. The molecule has 8 heteroatoms. The van der Waals surface area contributed by atoms with Crippen LogP contribution in [-0.4, -0.2) is 63.1 Å². The highest BCUT2D eigenvalue weighted by molar-refractivity contribution is 5.74. The van der Waals surface area contributed by atoms with Crippen molar-refractivity contribution in [3.8, 4) is 0 Å². The summed E-state index contributed by atoms with van der Waals surface area (Å²) in [7, 11) is 0. The Hall–Kier alpha value is -2.00. The topological polar surface area (TPSA) is 133 Å². The third-order valence-corrected chi connectivity index (χ3v) is 4.35. The Morgan fingerprint density at radius 1 is 1.24 bits per heavy atom. The van der Waals surface area contributed by atoms with Gasteiger partial charge in [-0.2, -0.15) is 0 Å². The predicted octanol–water partition coefficient (Wildman–Crippen LogP) is 0.241. The molecule has 4 atom stereocenters. The summed E-state index contributed by atoms with van der Waals surface area (Å²) in [6.07, 6.45) is -0.970. The summed E-state index contributed by atoms with van der Waals surface area (Å²) >= 11 is 0. The van der Waals surface area contributed by atoms with Crippen LogP contribution in [0.2, 0.25) is 0 Å². The third-order valence-electron chi connectivity index (χ3n) is 4.35. The van der Waals surface area contributed by atoms with Crippen molar-refractivity contribution in [2.45, 2.75) is 50.3 Å². The number of nitrogens with two attached hydrogens (primary N) is 1. The minimum atomic E-state index is -1.15. The van der Waals surface area contributed by atoms with Gasteiger partial charge in [0.05, 0.1) is 12.7 Å². The van der Waals surface area contributed by atoms with E-state index in [2.05, 4.69) is 0 Å². The number of rotatable bonds is 9. The quantitative estimate of drug-likeness (QED) is 0.497. The monoisotopic (exact) mass is 352 g/mol. The number of aliphatic hydroxyl groups excluding tert-OH is 1. The number of hydrogen-bond acceptors (Lipinski definition) is 6. The normalized spacial score (nSPS) is 23.3. The lowest BCUT2D eigenvalue weighted by atomic mass is 10.1. The van der Waals surface area contributed by atoms with Crippen LogP contribution < -0.4 is 5.73 Å². The van der Waals surface area contributed by atoms with E-state index in [0.717, 1.165) is 5.56 Å². The highest BCUT2D eigenvalue weighted by atomic mass is 16.5. The first kappa shape index (κ1) is 19.3. The molecule has 25 heavy (non-hydrogen) atoms. The predicted molar refractivity (Wildman–Crippen MR) is 88.6 cm³/mol. The fourth-order valence-electron chi connectivity index (χ4n) is 2.92. The smallest absolute Gasteiger partial charge is 0.321 e. The fourth-order valence-corrected chi connectivity index (χ4v) is 2.92. The summed E-state index contributed by atoms with van der Waals surface area (Å²) in [5, 5.41) is 28.4. The lowest BCUT2D eigenvalue weighted by Gasteiger charge is -2.27. The molecule has 1 fully saturated rings. The molecule has 4 unspecified atom stereocenters. The summed E-state index contributed by atoms with van der Waals surface area (Å²) in [5.41, 5.74) is 6.41. The fraction of sp³-hybridized carbons (Fsp3) is 0.529. The van der Waals surface area contributed by atoms with Crippen LogP contribution in [0, 0.1) is 0 Å². The zero-order valence-corrected chi connectivity index (χ0v) is 13.8. The molecule has 0 aliphatic carbocycles. The standard InChI is InChI=1S/C17H24N2O6/c18-13(16(21)22)6-7-15(20)19-9-12(8-14(19)17(23)24)25-10-11-4-2-1-3-5-11/h1-5,12-15,20H,6-10,18H2,(H,21,22)(H,23,24). The van der Waals surface area contributed by atoms with Crippen molar-refractivity contribution < 1.29 is 29.6 Å². The highest BCUT2D eigenvalue weighted by Gasteiger charge is 2.40. The molecule has 0 aromatic heterocycles. The SMILES string of the molecule is NC(CCC(O)N1CC(OCc2ccccc2)CC1C(=O)O)C(=O)O. The lowest BCUT2D eigenvalue weighted by molar-refractivity contribution is -0.147. The van der Waals surface area contributed by atoms with Gasteiger partial charge in [-0.05, 0) is 18.4 Å². The number of ether oxygens (including phenoxy) is 1. The van der Waals surface area contributed by atoms with Gasteiger partial charge in [-0.1, -0.05) is 30.3 Å². The Bertz CT molecular complexity index is 582. The van der Waals surface area contributed by atoms with Crippen molar-refractivity contribution in [2.24, 2.45) is 5.73 Å². The van der Waals surface area contributed by atoms with Crippen LogP contribution in [0.25, 0.3) is 0 Å². The zero-order valence-electron chi connectivity index (χ0n) is 13.8. The van der Waals surface area contributed by atoms with E-state index in [9.17, 15) is 19.8 Å². The van der Waals surface area contributed by atoms with E-state index in [0.29, 0.717) is 6.61 Å². The van der Waals surface area contributed by atoms with Gasteiger partial charge in [0, 0.05) is 13.0 Å². The molecule has 1 saturated heterocycles. The van der Waals surface area contributed by atoms with E-state index in [1.807, 2.05) is 30.3 Å². The van der Waals surface area contributed by atoms with Crippen molar-refractivity contribution in [1.29, 1.82) is 0 Å². The van der Waals surface area contributed by atoms with Crippen LogP contribution in [0.1, 0.15) is 24.8 Å². The lowest BCUT2D eigenvalue weighted by Crippen LogP contribution is -2.44. The van der Waals surface area contributed by atoms with Crippen molar-refractivity contribution in [1.82, 2.24) is 4.90 Å². The van der Waals surface area contributed by atoms with Crippen LogP contribution in [0.15, 0.2) is 30.3 Å². The molecule has 0 saturated carbocycles. The molecule has 8 nitrogen and oxygen atoms in total. The Kier molecular flexibility index (Phi) is 6.89. The Morgan fingerprint density at radius 2 is 1.92 bits per heavy atom. The minimum Gasteiger partial charge on any atom is -0.480 e. The van der Waals surface area contributed by atoms with Crippen molar-refractivity contribution >= 4 is 11.9 Å². The van der Waals surface area contributed by atoms with Gasteiger partial charge in [-0.3, -0.25) is 14.5 Å². The largest absolute Gasteiger partial charge is 0.480 e. The van der Waals surface area contributed by atoms with Crippen molar-refractivity contribution in [2.75, 3.05) is 6.54 Å². The van der Waals surface area contributed by atoms with Gasteiger partial charge in [0.1, 0.15) is 18.3 Å². The molecule has 5 N–H and O–H groups in total. The maximum atomic E-state index is 11.5. The summed E-state index contributed by atoms with van der Waals surface area (Å²) in [5.74, 6) is -2.18. The molecule has 138 valence electrons. The van der Waals surface area contributed by atoms with Gasteiger partial charge in [0.25, 0.3) is 0 Å². The second-order valence-electron chi connectivity index (χ2n) is 6.21. The van der Waals surface area contributed by atoms with Crippen LogP contribution in [0.5, 0.6) is 0 Å². The van der Waals surface area contributed by atoms with E-state index in [1.54, 1.807) is 0 Å². The van der Waals surface area contributed by atoms with E-state index in [1.165, 1.54) is 4.90 Å².